The van der Waals surface area contributed by atoms with Crippen LogP contribution in [-0.4, -0.2) is 51.8 Å². The molecule has 0 spiro atoms. The van der Waals surface area contributed by atoms with Gasteiger partial charge in [0.05, 0.1) is 20.2 Å². The quantitative estimate of drug-likeness (QED) is 0.182. The fourth-order valence-electron chi connectivity index (χ4n) is 3.26. The summed E-state index contributed by atoms with van der Waals surface area (Å²) < 4.78 is 10.8. The Balaban J connectivity index is 0.00000420. The van der Waals surface area contributed by atoms with E-state index in [9.17, 15) is 4.79 Å². The largest absolute Gasteiger partial charge is 0.497 e. The molecule has 1 fully saturated rings. The highest BCUT2D eigenvalue weighted by atomic mass is 127. The number of rotatable bonds is 11. The van der Waals surface area contributed by atoms with Crippen molar-refractivity contribution in [2.24, 2.45) is 10.9 Å². The molecular formula is C21H35IN4O3. The van der Waals surface area contributed by atoms with E-state index in [-0.39, 0.29) is 29.9 Å². The summed E-state index contributed by atoms with van der Waals surface area (Å²) in [4.78, 5) is 16.4. The summed E-state index contributed by atoms with van der Waals surface area (Å²) in [6.07, 6.45) is 5.58. The van der Waals surface area contributed by atoms with Crippen LogP contribution in [0.1, 0.15) is 39.0 Å². The van der Waals surface area contributed by atoms with Crippen molar-refractivity contribution in [3.63, 3.8) is 0 Å². The fraction of sp³-hybridized carbons (Fsp3) is 0.619. The lowest BCUT2D eigenvalue weighted by Gasteiger charge is -2.13. The number of carbonyl (C=O) groups excluding carboxylic acids is 1. The molecule has 0 unspecified atom stereocenters. The van der Waals surface area contributed by atoms with Gasteiger partial charge in [0.15, 0.2) is 5.96 Å². The number of hydrogen-bond acceptors (Lipinski definition) is 4. The Morgan fingerprint density at radius 3 is 2.41 bits per heavy atom. The Hall–Kier alpha value is -1.71. The molecule has 0 radical (unpaired) electrons. The van der Waals surface area contributed by atoms with Crippen LogP contribution in [0.3, 0.4) is 0 Å². The molecule has 1 aliphatic rings. The van der Waals surface area contributed by atoms with Gasteiger partial charge < -0.3 is 25.4 Å². The first kappa shape index (κ1) is 25.3. The number of hydrogen-bond donors (Lipinski definition) is 3. The first-order chi connectivity index (χ1) is 13.7. The number of benzene rings is 1. The van der Waals surface area contributed by atoms with Crippen LogP contribution < -0.4 is 25.4 Å². The highest BCUT2D eigenvalue weighted by molar-refractivity contribution is 14.0. The molecule has 2 rings (SSSR count). The molecule has 0 saturated heterocycles. The van der Waals surface area contributed by atoms with Crippen molar-refractivity contribution in [3.8, 4) is 11.5 Å². The van der Waals surface area contributed by atoms with Gasteiger partial charge in [-0.25, -0.2) is 0 Å². The second-order valence-corrected chi connectivity index (χ2v) is 6.92. The number of carbonyl (C=O) groups is 1. The predicted molar refractivity (Wildman–Crippen MR) is 127 cm³/mol. The maximum absolute atomic E-state index is 11.9. The lowest BCUT2D eigenvalue weighted by molar-refractivity contribution is -0.121. The molecule has 1 aliphatic carbocycles. The van der Waals surface area contributed by atoms with Crippen LogP contribution in [0.2, 0.25) is 0 Å². The number of nitrogens with zero attached hydrogens (tertiary/aromatic N) is 1. The molecule has 164 valence electrons. The van der Waals surface area contributed by atoms with Crippen LogP contribution >= 0.6 is 24.0 Å². The zero-order valence-corrected chi connectivity index (χ0v) is 19.9. The summed E-state index contributed by atoms with van der Waals surface area (Å²) in [5.74, 6) is 3.06. The molecule has 1 saturated carbocycles. The maximum Gasteiger partial charge on any atom is 0.220 e. The number of amides is 1. The predicted octanol–water partition coefficient (Wildman–Crippen LogP) is 2.94. The fourth-order valence-corrected chi connectivity index (χ4v) is 3.26. The monoisotopic (exact) mass is 518 g/mol. The topological polar surface area (TPSA) is 84.0 Å². The van der Waals surface area contributed by atoms with E-state index >= 15 is 0 Å². The van der Waals surface area contributed by atoms with Crippen molar-refractivity contribution in [3.05, 3.63) is 24.3 Å². The second kappa shape index (κ2) is 15.2. The van der Waals surface area contributed by atoms with Gasteiger partial charge >= 0.3 is 0 Å². The number of nitrogens with one attached hydrogen (secondary N) is 3. The van der Waals surface area contributed by atoms with Crippen LogP contribution in [-0.2, 0) is 4.79 Å². The molecule has 1 aromatic rings. The molecular weight excluding hydrogens is 483 g/mol. The molecule has 3 N–H and O–H groups in total. The lowest BCUT2D eigenvalue weighted by atomic mass is 10.0. The maximum atomic E-state index is 11.9. The number of methoxy groups -OCH3 is 1. The average molecular weight is 518 g/mol. The second-order valence-electron chi connectivity index (χ2n) is 6.92. The standard InChI is InChI=1S/C21H34N4O3.HI/c1-3-22-21(24-13-12-23-20(26)16-17-6-4-5-7-17)25-14-15-28-19-10-8-18(27-2)9-11-19;/h8-11,17H,3-7,12-16H2,1-2H3,(H,23,26)(H2,22,24,25);1H. The molecule has 1 amide bonds. The minimum Gasteiger partial charge on any atom is -0.497 e. The summed E-state index contributed by atoms with van der Waals surface area (Å²) in [7, 11) is 1.64. The van der Waals surface area contributed by atoms with Crippen LogP contribution in [0.25, 0.3) is 0 Å². The van der Waals surface area contributed by atoms with Gasteiger partial charge in [-0.05, 0) is 49.9 Å². The molecule has 0 atom stereocenters. The van der Waals surface area contributed by atoms with Gasteiger partial charge in [0.1, 0.15) is 18.1 Å². The Morgan fingerprint density at radius 1 is 1.07 bits per heavy atom. The third kappa shape index (κ3) is 10.6. The Bertz CT molecular complexity index is 604. The smallest absolute Gasteiger partial charge is 0.220 e. The normalized spacial score (nSPS) is 14.1. The highest BCUT2D eigenvalue weighted by Crippen LogP contribution is 2.27. The third-order valence-electron chi connectivity index (χ3n) is 4.72. The van der Waals surface area contributed by atoms with E-state index in [1.807, 2.05) is 31.2 Å². The summed E-state index contributed by atoms with van der Waals surface area (Å²) in [5.41, 5.74) is 0. The molecule has 0 aliphatic heterocycles. The molecule has 0 bridgehead atoms. The summed E-state index contributed by atoms with van der Waals surface area (Å²) in [6, 6.07) is 7.50. The van der Waals surface area contributed by atoms with Gasteiger partial charge in [-0.3, -0.25) is 9.79 Å². The van der Waals surface area contributed by atoms with Crippen molar-refractivity contribution >= 4 is 35.8 Å². The van der Waals surface area contributed by atoms with E-state index in [2.05, 4.69) is 20.9 Å². The summed E-state index contributed by atoms with van der Waals surface area (Å²) >= 11 is 0. The van der Waals surface area contributed by atoms with E-state index in [1.165, 1.54) is 25.7 Å². The van der Waals surface area contributed by atoms with Crippen LogP contribution in [0.4, 0.5) is 0 Å². The van der Waals surface area contributed by atoms with Gasteiger partial charge in [0.25, 0.3) is 0 Å². The molecule has 1 aromatic carbocycles. The number of aliphatic imine (C=N–C) groups is 1. The van der Waals surface area contributed by atoms with Gasteiger partial charge in [0, 0.05) is 19.5 Å². The van der Waals surface area contributed by atoms with Crippen LogP contribution in [0.5, 0.6) is 11.5 Å². The van der Waals surface area contributed by atoms with Gasteiger partial charge in [-0.15, -0.1) is 24.0 Å². The molecule has 8 heteroatoms. The van der Waals surface area contributed by atoms with Gasteiger partial charge in [-0.2, -0.15) is 0 Å². The Labute approximate surface area is 191 Å². The SMILES string of the molecule is CCNC(=NCCNC(=O)CC1CCCC1)NCCOc1ccc(OC)cc1.I. The molecule has 0 heterocycles. The first-order valence-corrected chi connectivity index (χ1v) is 10.3. The van der Waals surface area contributed by atoms with E-state index in [4.69, 9.17) is 9.47 Å². The van der Waals surface area contributed by atoms with E-state index < -0.39 is 0 Å². The molecule has 29 heavy (non-hydrogen) atoms. The van der Waals surface area contributed by atoms with Crippen molar-refractivity contribution in [2.45, 2.75) is 39.0 Å². The van der Waals surface area contributed by atoms with Crippen molar-refractivity contribution in [1.29, 1.82) is 0 Å². The molecule has 7 nitrogen and oxygen atoms in total. The zero-order chi connectivity index (χ0) is 20.0. The van der Waals surface area contributed by atoms with Crippen LogP contribution in [0.15, 0.2) is 29.3 Å². The first-order valence-electron chi connectivity index (χ1n) is 10.3. The zero-order valence-electron chi connectivity index (χ0n) is 17.5. The van der Waals surface area contributed by atoms with E-state index in [1.54, 1.807) is 7.11 Å². The molecule has 0 aromatic heterocycles. The lowest BCUT2D eigenvalue weighted by Crippen LogP contribution is -2.40. The minimum absolute atomic E-state index is 0. The summed E-state index contributed by atoms with van der Waals surface area (Å²) in [6.45, 7) is 5.06. The van der Waals surface area contributed by atoms with Crippen LogP contribution in [0, 0.1) is 5.92 Å². The third-order valence-corrected chi connectivity index (χ3v) is 4.72. The number of ether oxygens (including phenoxy) is 2. The highest BCUT2D eigenvalue weighted by Gasteiger charge is 2.17. The Kier molecular flexibility index (Phi) is 13.3. The van der Waals surface area contributed by atoms with Gasteiger partial charge in [0.2, 0.25) is 5.91 Å². The number of guanidine groups is 1. The Morgan fingerprint density at radius 2 is 1.76 bits per heavy atom. The number of halogens is 1. The average Bonchev–Trinajstić information content (AvgIpc) is 3.21. The van der Waals surface area contributed by atoms with Gasteiger partial charge in [-0.1, -0.05) is 12.8 Å². The van der Waals surface area contributed by atoms with Crippen molar-refractivity contribution in [1.82, 2.24) is 16.0 Å². The van der Waals surface area contributed by atoms with E-state index in [0.717, 1.165) is 24.0 Å². The summed E-state index contributed by atoms with van der Waals surface area (Å²) in [5, 5.41) is 9.40. The minimum atomic E-state index is 0. The van der Waals surface area contributed by atoms with E-state index in [0.29, 0.717) is 38.6 Å². The van der Waals surface area contributed by atoms with Crippen molar-refractivity contribution < 1.29 is 14.3 Å². The van der Waals surface area contributed by atoms with Crippen molar-refractivity contribution in [2.75, 3.05) is 39.9 Å².